The zero-order chi connectivity index (χ0) is 12.1. The van der Waals surface area contributed by atoms with Crippen molar-refractivity contribution in [3.63, 3.8) is 0 Å². The number of hydrogen-bond donors (Lipinski definition) is 1. The van der Waals surface area contributed by atoms with Crippen LogP contribution in [0.1, 0.15) is 36.2 Å². The average molecular weight is 284 g/mol. The molecule has 0 saturated heterocycles. The fourth-order valence-corrected chi connectivity index (χ4v) is 1.75. The summed E-state index contributed by atoms with van der Waals surface area (Å²) in [6.07, 6.45) is 1.08. The van der Waals surface area contributed by atoms with Crippen molar-refractivity contribution in [2.75, 3.05) is 6.54 Å². The number of hydrogen-bond acceptors (Lipinski definition) is 1. The summed E-state index contributed by atoms with van der Waals surface area (Å²) in [7, 11) is 0. The highest BCUT2D eigenvalue weighted by molar-refractivity contribution is 9.10. The van der Waals surface area contributed by atoms with Crippen molar-refractivity contribution in [3.05, 3.63) is 33.8 Å². The molecule has 1 N–H and O–H groups in total. The van der Waals surface area contributed by atoms with Crippen molar-refractivity contribution in [1.82, 2.24) is 5.32 Å². The van der Waals surface area contributed by atoms with Gasteiger partial charge in [0.15, 0.2) is 0 Å². The van der Waals surface area contributed by atoms with E-state index in [-0.39, 0.29) is 5.91 Å². The molecule has 1 rings (SSSR count). The standard InChI is InChI=1S/C13H18BrNO/c1-4-9(2)8-15-13(16)11-7-10(3)5-6-12(11)14/h5-7,9H,4,8H2,1-3H3,(H,15,16). The minimum atomic E-state index is -0.00382. The number of nitrogens with one attached hydrogen (secondary N) is 1. The first-order valence-corrected chi connectivity index (χ1v) is 6.38. The lowest BCUT2D eigenvalue weighted by Crippen LogP contribution is -2.28. The van der Waals surface area contributed by atoms with Crippen LogP contribution in [0.3, 0.4) is 0 Å². The van der Waals surface area contributed by atoms with E-state index in [4.69, 9.17) is 0 Å². The summed E-state index contributed by atoms with van der Waals surface area (Å²) in [6, 6.07) is 5.79. The second-order valence-corrected chi connectivity index (χ2v) is 5.06. The van der Waals surface area contributed by atoms with Crippen LogP contribution in [0.5, 0.6) is 0 Å². The third-order valence-corrected chi connectivity index (χ3v) is 3.37. The molecule has 0 aromatic heterocycles. The molecule has 1 aromatic rings. The molecule has 1 aromatic carbocycles. The van der Waals surface area contributed by atoms with Gasteiger partial charge in [-0.05, 0) is 40.9 Å². The molecule has 1 amide bonds. The molecule has 0 radical (unpaired) electrons. The molecule has 0 spiro atoms. The van der Waals surface area contributed by atoms with Crippen molar-refractivity contribution >= 4 is 21.8 Å². The maximum atomic E-state index is 11.9. The van der Waals surface area contributed by atoms with Crippen LogP contribution in [0.15, 0.2) is 22.7 Å². The third kappa shape index (κ3) is 3.63. The molecular weight excluding hydrogens is 266 g/mol. The quantitative estimate of drug-likeness (QED) is 0.900. The molecule has 2 nitrogen and oxygen atoms in total. The van der Waals surface area contributed by atoms with E-state index in [1.807, 2.05) is 25.1 Å². The molecule has 0 heterocycles. The molecule has 0 aliphatic carbocycles. The summed E-state index contributed by atoms with van der Waals surface area (Å²) < 4.78 is 0.847. The number of amides is 1. The van der Waals surface area contributed by atoms with E-state index in [0.29, 0.717) is 11.5 Å². The monoisotopic (exact) mass is 283 g/mol. The predicted molar refractivity (Wildman–Crippen MR) is 70.7 cm³/mol. The van der Waals surface area contributed by atoms with Crippen molar-refractivity contribution in [2.45, 2.75) is 27.2 Å². The minimum absolute atomic E-state index is 0.00382. The Hall–Kier alpha value is -0.830. The summed E-state index contributed by atoms with van der Waals surface area (Å²) in [6.45, 7) is 6.97. The fraction of sp³-hybridized carbons (Fsp3) is 0.462. The van der Waals surface area contributed by atoms with Crippen molar-refractivity contribution < 1.29 is 4.79 Å². The Bertz CT molecular complexity index is 376. The normalized spacial score (nSPS) is 12.2. The van der Waals surface area contributed by atoms with Gasteiger partial charge in [0.05, 0.1) is 5.56 Å². The summed E-state index contributed by atoms with van der Waals surface area (Å²) in [5.41, 5.74) is 1.81. The zero-order valence-electron chi connectivity index (χ0n) is 10.0. The van der Waals surface area contributed by atoms with E-state index >= 15 is 0 Å². The van der Waals surface area contributed by atoms with Gasteiger partial charge in [0.2, 0.25) is 0 Å². The highest BCUT2D eigenvalue weighted by Crippen LogP contribution is 2.18. The van der Waals surface area contributed by atoms with Gasteiger partial charge in [-0.2, -0.15) is 0 Å². The van der Waals surface area contributed by atoms with Crippen LogP contribution in [-0.2, 0) is 0 Å². The molecule has 0 aliphatic rings. The van der Waals surface area contributed by atoms with Gasteiger partial charge >= 0.3 is 0 Å². The molecule has 16 heavy (non-hydrogen) atoms. The molecule has 0 aliphatic heterocycles. The lowest BCUT2D eigenvalue weighted by Gasteiger charge is -2.11. The SMILES string of the molecule is CCC(C)CNC(=O)c1cc(C)ccc1Br. The maximum Gasteiger partial charge on any atom is 0.252 e. The van der Waals surface area contributed by atoms with Gasteiger partial charge in [-0.15, -0.1) is 0 Å². The minimum Gasteiger partial charge on any atom is -0.352 e. The topological polar surface area (TPSA) is 29.1 Å². The molecule has 1 atom stereocenters. The van der Waals surface area contributed by atoms with Gasteiger partial charge in [0, 0.05) is 11.0 Å². The maximum absolute atomic E-state index is 11.9. The van der Waals surface area contributed by atoms with Gasteiger partial charge in [-0.3, -0.25) is 4.79 Å². The van der Waals surface area contributed by atoms with E-state index in [1.54, 1.807) is 0 Å². The van der Waals surface area contributed by atoms with Crippen LogP contribution in [0.25, 0.3) is 0 Å². The Labute approximate surface area is 106 Å². The van der Waals surface area contributed by atoms with Crippen molar-refractivity contribution in [3.8, 4) is 0 Å². The van der Waals surface area contributed by atoms with Gasteiger partial charge in [0.25, 0.3) is 5.91 Å². The fourth-order valence-electron chi connectivity index (χ4n) is 1.32. The molecule has 1 unspecified atom stereocenters. The number of carbonyl (C=O) groups is 1. The van der Waals surface area contributed by atoms with Crippen LogP contribution in [0.4, 0.5) is 0 Å². The molecule has 0 bridgehead atoms. The van der Waals surface area contributed by atoms with Crippen LogP contribution >= 0.6 is 15.9 Å². The summed E-state index contributed by atoms with van der Waals surface area (Å²) in [4.78, 5) is 11.9. The Morgan fingerprint density at radius 2 is 2.19 bits per heavy atom. The Morgan fingerprint density at radius 1 is 1.50 bits per heavy atom. The van der Waals surface area contributed by atoms with Gasteiger partial charge in [-0.1, -0.05) is 31.9 Å². The predicted octanol–water partition coefficient (Wildman–Crippen LogP) is 3.53. The number of halogens is 1. The second kappa shape index (κ2) is 6.04. The van der Waals surface area contributed by atoms with Gasteiger partial charge in [0.1, 0.15) is 0 Å². The molecular formula is C13H18BrNO. The molecule has 88 valence electrons. The Kier molecular flexibility index (Phi) is 5.00. The first-order chi connectivity index (χ1) is 7.54. The molecule has 0 fully saturated rings. The highest BCUT2D eigenvalue weighted by atomic mass is 79.9. The number of benzene rings is 1. The lowest BCUT2D eigenvalue weighted by atomic mass is 10.1. The zero-order valence-corrected chi connectivity index (χ0v) is 11.6. The lowest BCUT2D eigenvalue weighted by molar-refractivity contribution is 0.0947. The van der Waals surface area contributed by atoms with Crippen LogP contribution in [-0.4, -0.2) is 12.5 Å². The molecule has 3 heteroatoms. The third-order valence-electron chi connectivity index (χ3n) is 2.67. The van der Waals surface area contributed by atoms with Crippen LogP contribution < -0.4 is 5.32 Å². The van der Waals surface area contributed by atoms with E-state index in [9.17, 15) is 4.79 Å². The summed E-state index contributed by atoms with van der Waals surface area (Å²) in [5, 5.41) is 2.95. The van der Waals surface area contributed by atoms with E-state index in [1.165, 1.54) is 0 Å². The highest BCUT2D eigenvalue weighted by Gasteiger charge is 2.10. The number of carbonyl (C=O) groups excluding carboxylic acids is 1. The number of rotatable bonds is 4. The Morgan fingerprint density at radius 3 is 2.81 bits per heavy atom. The summed E-state index contributed by atoms with van der Waals surface area (Å²) >= 11 is 3.39. The second-order valence-electron chi connectivity index (χ2n) is 4.21. The first-order valence-electron chi connectivity index (χ1n) is 5.59. The van der Waals surface area contributed by atoms with Crippen molar-refractivity contribution in [2.24, 2.45) is 5.92 Å². The van der Waals surface area contributed by atoms with Gasteiger partial charge < -0.3 is 5.32 Å². The van der Waals surface area contributed by atoms with Crippen molar-refractivity contribution in [1.29, 1.82) is 0 Å². The largest absolute Gasteiger partial charge is 0.352 e. The van der Waals surface area contributed by atoms with E-state index < -0.39 is 0 Å². The first kappa shape index (κ1) is 13.2. The average Bonchev–Trinajstić information content (AvgIpc) is 2.28. The van der Waals surface area contributed by atoms with Crippen LogP contribution in [0.2, 0.25) is 0 Å². The molecule has 0 saturated carbocycles. The Balaban J connectivity index is 2.69. The number of aryl methyl sites for hydroxylation is 1. The van der Waals surface area contributed by atoms with Gasteiger partial charge in [-0.25, -0.2) is 0 Å². The van der Waals surface area contributed by atoms with E-state index in [2.05, 4.69) is 35.1 Å². The van der Waals surface area contributed by atoms with Crippen LogP contribution in [0, 0.1) is 12.8 Å². The smallest absolute Gasteiger partial charge is 0.252 e. The van der Waals surface area contributed by atoms with E-state index in [0.717, 1.165) is 23.0 Å². The summed E-state index contributed by atoms with van der Waals surface area (Å²) in [5.74, 6) is 0.517.